The minimum Gasteiger partial charge on any atom is -0.495 e. The molecule has 0 aliphatic rings. The first-order valence-electron chi connectivity index (χ1n) is 4.32. The minimum absolute atomic E-state index is 0.0919. The average Bonchev–Trinajstić information content (AvgIpc) is 2.01. The van der Waals surface area contributed by atoms with E-state index in [-0.39, 0.29) is 6.04 Å². The molecule has 1 aromatic rings. The van der Waals surface area contributed by atoms with Crippen LogP contribution in [0.1, 0.15) is 12.5 Å². The van der Waals surface area contributed by atoms with Gasteiger partial charge in [0.1, 0.15) is 5.75 Å². The second-order valence-corrected chi connectivity index (χ2v) is 4.55. The lowest BCUT2D eigenvalue weighted by molar-refractivity contribution is 0.405. The summed E-state index contributed by atoms with van der Waals surface area (Å²) in [4.78, 5) is 0. The third kappa shape index (κ3) is 2.87. The van der Waals surface area contributed by atoms with Crippen molar-refractivity contribution in [1.82, 2.24) is 0 Å². The molecule has 0 spiro atoms. The van der Waals surface area contributed by atoms with Crippen molar-refractivity contribution in [3.05, 3.63) is 27.2 Å². The first kappa shape index (κ1) is 11.8. The van der Waals surface area contributed by atoms with E-state index in [1.165, 1.54) is 0 Å². The smallest absolute Gasteiger partial charge is 0.136 e. The van der Waals surface area contributed by atoms with Crippen molar-refractivity contribution < 1.29 is 4.74 Å². The third-order valence-corrected chi connectivity index (χ3v) is 2.64. The molecule has 0 radical (unpaired) electrons. The van der Waals surface area contributed by atoms with E-state index in [1.807, 2.05) is 19.1 Å². The zero-order valence-electron chi connectivity index (χ0n) is 8.18. The zero-order valence-corrected chi connectivity index (χ0v) is 10.5. The number of methoxy groups -OCH3 is 1. The van der Waals surface area contributed by atoms with Crippen LogP contribution >= 0.6 is 27.5 Å². The van der Waals surface area contributed by atoms with E-state index in [4.69, 9.17) is 22.1 Å². The maximum atomic E-state index is 5.94. The predicted molar refractivity (Wildman–Crippen MR) is 63.1 cm³/mol. The van der Waals surface area contributed by atoms with Crippen molar-refractivity contribution >= 4 is 27.5 Å². The van der Waals surface area contributed by atoms with Crippen molar-refractivity contribution in [3.8, 4) is 5.75 Å². The zero-order chi connectivity index (χ0) is 10.7. The normalized spacial score (nSPS) is 12.6. The van der Waals surface area contributed by atoms with Gasteiger partial charge in [0.05, 0.1) is 11.6 Å². The molecule has 0 aliphatic carbocycles. The van der Waals surface area contributed by atoms with Crippen LogP contribution in [0.2, 0.25) is 5.02 Å². The number of rotatable bonds is 3. The van der Waals surface area contributed by atoms with E-state index in [9.17, 15) is 0 Å². The number of hydrogen-bond acceptors (Lipinski definition) is 2. The van der Waals surface area contributed by atoms with Gasteiger partial charge in [-0.1, -0.05) is 11.6 Å². The second-order valence-electron chi connectivity index (χ2n) is 3.26. The standard InChI is InChI=1S/C10H13BrClNO/c1-6(13)3-7-4-8(12)5-9(11)10(7)14-2/h4-6H,3,13H2,1-2H3/t6-/m0/s1. The molecule has 0 bridgehead atoms. The van der Waals surface area contributed by atoms with Crippen LogP contribution in [-0.4, -0.2) is 13.2 Å². The van der Waals surface area contributed by atoms with Crippen LogP contribution in [-0.2, 0) is 6.42 Å². The van der Waals surface area contributed by atoms with Gasteiger partial charge in [-0.2, -0.15) is 0 Å². The quantitative estimate of drug-likeness (QED) is 0.922. The molecule has 0 aromatic heterocycles. The number of halogens is 2. The summed E-state index contributed by atoms with van der Waals surface area (Å²) in [5.41, 5.74) is 6.76. The minimum atomic E-state index is 0.0919. The van der Waals surface area contributed by atoms with Gasteiger partial charge in [0, 0.05) is 11.1 Å². The van der Waals surface area contributed by atoms with Gasteiger partial charge in [-0.15, -0.1) is 0 Å². The highest BCUT2D eigenvalue weighted by Gasteiger charge is 2.10. The molecule has 2 N–H and O–H groups in total. The van der Waals surface area contributed by atoms with Gasteiger partial charge in [0.15, 0.2) is 0 Å². The molecule has 14 heavy (non-hydrogen) atoms. The summed E-state index contributed by atoms with van der Waals surface area (Å²) in [6, 6.07) is 3.79. The molecule has 0 amide bonds. The Morgan fingerprint density at radius 1 is 1.57 bits per heavy atom. The van der Waals surface area contributed by atoms with Crippen LogP contribution in [0.25, 0.3) is 0 Å². The first-order valence-corrected chi connectivity index (χ1v) is 5.49. The van der Waals surface area contributed by atoms with Gasteiger partial charge in [0.25, 0.3) is 0 Å². The Balaban J connectivity index is 3.11. The van der Waals surface area contributed by atoms with Crippen molar-refractivity contribution in [2.75, 3.05) is 7.11 Å². The van der Waals surface area contributed by atoms with Crippen LogP contribution in [0.3, 0.4) is 0 Å². The number of ether oxygens (including phenoxy) is 1. The van der Waals surface area contributed by atoms with E-state index in [0.717, 1.165) is 22.2 Å². The Hall–Kier alpha value is -0.250. The molecule has 1 atom stereocenters. The Bertz CT molecular complexity index is 328. The molecular formula is C10H13BrClNO. The maximum absolute atomic E-state index is 5.94. The van der Waals surface area contributed by atoms with Crippen LogP contribution < -0.4 is 10.5 Å². The summed E-state index contributed by atoms with van der Waals surface area (Å²) in [6.07, 6.45) is 0.752. The van der Waals surface area contributed by atoms with Crippen molar-refractivity contribution in [3.63, 3.8) is 0 Å². The summed E-state index contributed by atoms with van der Waals surface area (Å²) >= 11 is 9.33. The van der Waals surface area contributed by atoms with E-state index in [0.29, 0.717) is 5.02 Å². The molecule has 2 nitrogen and oxygen atoms in total. The highest BCUT2D eigenvalue weighted by molar-refractivity contribution is 9.10. The molecule has 0 saturated carbocycles. The van der Waals surface area contributed by atoms with E-state index in [1.54, 1.807) is 7.11 Å². The Labute approximate surface area is 97.5 Å². The van der Waals surface area contributed by atoms with Gasteiger partial charge in [-0.25, -0.2) is 0 Å². The van der Waals surface area contributed by atoms with Crippen molar-refractivity contribution in [1.29, 1.82) is 0 Å². The van der Waals surface area contributed by atoms with Crippen LogP contribution in [0.15, 0.2) is 16.6 Å². The first-order chi connectivity index (χ1) is 6.54. The van der Waals surface area contributed by atoms with Gasteiger partial charge in [-0.3, -0.25) is 0 Å². The fourth-order valence-electron chi connectivity index (χ4n) is 1.34. The fourth-order valence-corrected chi connectivity index (χ4v) is 2.38. The summed E-state index contributed by atoms with van der Waals surface area (Å²) < 4.78 is 6.13. The molecule has 0 fully saturated rings. The molecule has 4 heteroatoms. The molecule has 0 aliphatic heterocycles. The number of benzene rings is 1. The Kier molecular flexibility index (Phi) is 4.23. The van der Waals surface area contributed by atoms with E-state index < -0.39 is 0 Å². The molecular weight excluding hydrogens is 265 g/mol. The Morgan fingerprint density at radius 2 is 2.21 bits per heavy atom. The average molecular weight is 279 g/mol. The van der Waals surface area contributed by atoms with Crippen LogP contribution in [0, 0.1) is 0 Å². The predicted octanol–water partition coefficient (Wildman–Crippen LogP) is 3.00. The highest BCUT2D eigenvalue weighted by Crippen LogP contribution is 2.32. The van der Waals surface area contributed by atoms with Gasteiger partial charge in [-0.05, 0) is 47.0 Å². The lowest BCUT2D eigenvalue weighted by Crippen LogP contribution is -2.18. The summed E-state index contributed by atoms with van der Waals surface area (Å²) in [5, 5.41) is 0.688. The van der Waals surface area contributed by atoms with Crippen LogP contribution in [0.4, 0.5) is 0 Å². The van der Waals surface area contributed by atoms with Crippen molar-refractivity contribution in [2.45, 2.75) is 19.4 Å². The lowest BCUT2D eigenvalue weighted by atomic mass is 10.1. The van der Waals surface area contributed by atoms with Gasteiger partial charge >= 0.3 is 0 Å². The van der Waals surface area contributed by atoms with Gasteiger partial charge in [0.2, 0.25) is 0 Å². The van der Waals surface area contributed by atoms with E-state index in [2.05, 4.69) is 15.9 Å². The lowest BCUT2D eigenvalue weighted by Gasteiger charge is -2.12. The third-order valence-electron chi connectivity index (χ3n) is 1.83. The number of hydrogen-bond donors (Lipinski definition) is 1. The van der Waals surface area contributed by atoms with Crippen LogP contribution in [0.5, 0.6) is 5.75 Å². The SMILES string of the molecule is COc1c(Br)cc(Cl)cc1C[C@H](C)N. The van der Waals surface area contributed by atoms with E-state index >= 15 is 0 Å². The maximum Gasteiger partial charge on any atom is 0.136 e. The second kappa shape index (κ2) is 5.01. The highest BCUT2D eigenvalue weighted by atomic mass is 79.9. The summed E-state index contributed by atoms with van der Waals surface area (Å²) in [7, 11) is 1.64. The summed E-state index contributed by atoms with van der Waals surface area (Å²) in [5.74, 6) is 0.812. The molecule has 1 aromatic carbocycles. The largest absolute Gasteiger partial charge is 0.495 e. The molecule has 1 rings (SSSR count). The molecule has 0 unspecified atom stereocenters. The molecule has 0 saturated heterocycles. The summed E-state index contributed by atoms with van der Waals surface area (Å²) in [6.45, 7) is 1.95. The fraction of sp³-hybridized carbons (Fsp3) is 0.400. The molecule has 0 heterocycles. The monoisotopic (exact) mass is 277 g/mol. The van der Waals surface area contributed by atoms with Crippen molar-refractivity contribution in [2.24, 2.45) is 5.73 Å². The van der Waals surface area contributed by atoms with Gasteiger partial charge < -0.3 is 10.5 Å². The number of nitrogens with two attached hydrogens (primary N) is 1. The Morgan fingerprint density at radius 3 is 2.71 bits per heavy atom. The topological polar surface area (TPSA) is 35.2 Å². The molecule has 78 valence electrons.